The number of nitrogens with one attached hydrogen (secondary N) is 2. The Hall–Kier alpha value is -1.07. The molecule has 2 heterocycles. The minimum Gasteiger partial charge on any atom is -0.356 e. The first-order valence-corrected chi connectivity index (χ1v) is 10.4. The van der Waals surface area contributed by atoms with Gasteiger partial charge in [-0.15, -0.1) is 24.0 Å². The summed E-state index contributed by atoms with van der Waals surface area (Å²) in [5.41, 5.74) is 1.33. The van der Waals surface area contributed by atoms with E-state index in [-0.39, 0.29) is 29.9 Å². The van der Waals surface area contributed by atoms with E-state index in [2.05, 4.69) is 44.8 Å². The zero-order valence-electron chi connectivity index (χ0n) is 17.5. The van der Waals surface area contributed by atoms with Gasteiger partial charge in [0, 0.05) is 39.3 Å². The SMILES string of the molecule is CN=C(NCC1CCN(CC(F)(F)F)C1)NCC1CCCN1Cc1ccccc1.I. The Kier molecular flexibility index (Phi) is 10.2. The molecular formula is C21H33F3IN5. The van der Waals surface area contributed by atoms with Crippen LogP contribution >= 0.6 is 24.0 Å². The van der Waals surface area contributed by atoms with Crippen molar-refractivity contribution < 1.29 is 13.2 Å². The van der Waals surface area contributed by atoms with E-state index in [9.17, 15) is 13.2 Å². The lowest BCUT2D eigenvalue weighted by molar-refractivity contribution is -0.143. The fraction of sp³-hybridized carbons (Fsp3) is 0.667. The maximum absolute atomic E-state index is 12.5. The minimum absolute atomic E-state index is 0. The van der Waals surface area contributed by atoms with Crippen molar-refractivity contribution in [3.63, 3.8) is 0 Å². The van der Waals surface area contributed by atoms with Gasteiger partial charge in [0.1, 0.15) is 0 Å². The van der Waals surface area contributed by atoms with Gasteiger partial charge >= 0.3 is 6.18 Å². The zero-order chi connectivity index (χ0) is 20.7. The second-order valence-electron chi connectivity index (χ2n) is 8.09. The lowest BCUT2D eigenvalue weighted by atomic mass is 10.1. The van der Waals surface area contributed by atoms with Crippen molar-refractivity contribution in [2.75, 3.05) is 46.3 Å². The summed E-state index contributed by atoms with van der Waals surface area (Å²) in [4.78, 5) is 8.27. The second kappa shape index (κ2) is 12.1. The van der Waals surface area contributed by atoms with Crippen molar-refractivity contribution in [3.05, 3.63) is 35.9 Å². The number of rotatable bonds is 7. The molecular weight excluding hydrogens is 506 g/mol. The summed E-state index contributed by atoms with van der Waals surface area (Å²) in [5, 5.41) is 6.70. The van der Waals surface area contributed by atoms with E-state index in [0.29, 0.717) is 25.7 Å². The van der Waals surface area contributed by atoms with Gasteiger partial charge < -0.3 is 10.6 Å². The van der Waals surface area contributed by atoms with Gasteiger partial charge in [0.25, 0.3) is 0 Å². The summed E-state index contributed by atoms with van der Waals surface area (Å²) < 4.78 is 37.6. The van der Waals surface area contributed by atoms with Crippen molar-refractivity contribution >= 4 is 29.9 Å². The van der Waals surface area contributed by atoms with Gasteiger partial charge in [-0.25, -0.2) is 0 Å². The first kappa shape index (κ1) is 25.2. The van der Waals surface area contributed by atoms with Gasteiger partial charge in [-0.2, -0.15) is 13.2 Å². The van der Waals surface area contributed by atoms with Crippen LogP contribution < -0.4 is 10.6 Å². The maximum atomic E-state index is 12.5. The molecule has 3 rings (SSSR count). The average molecular weight is 539 g/mol. The van der Waals surface area contributed by atoms with E-state index in [1.807, 2.05) is 6.07 Å². The van der Waals surface area contributed by atoms with E-state index in [1.54, 1.807) is 7.05 Å². The molecule has 0 aromatic heterocycles. The van der Waals surface area contributed by atoms with Crippen LogP contribution in [0.1, 0.15) is 24.8 Å². The lowest BCUT2D eigenvalue weighted by Gasteiger charge is -2.26. The van der Waals surface area contributed by atoms with Crippen LogP contribution in [0.4, 0.5) is 13.2 Å². The molecule has 0 spiro atoms. The number of guanidine groups is 1. The molecule has 2 N–H and O–H groups in total. The topological polar surface area (TPSA) is 42.9 Å². The normalized spacial score (nSPS) is 23.4. The second-order valence-corrected chi connectivity index (χ2v) is 8.09. The molecule has 0 amide bonds. The summed E-state index contributed by atoms with van der Waals surface area (Å²) >= 11 is 0. The van der Waals surface area contributed by atoms with Crippen LogP contribution in [0.25, 0.3) is 0 Å². The van der Waals surface area contributed by atoms with E-state index in [1.165, 1.54) is 16.9 Å². The van der Waals surface area contributed by atoms with Crippen LogP contribution in [0, 0.1) is 5.92 Å². The number of alkyl halides is 3. The molecule has 170 valence electrons. The third kappa shape index (κ3) is 8.22. The van der Waals surface area contributed by atoms with Crippen molar-refractivity contribution in [3.8, 4) is 0 Å². The maximum Gasteiger partial charge on any atom is 0.401 e. The number of nitrogens with zero attached hydrogens (tertiary/aromatic N) is 3. The summed E-state index contributed by atoms with van der Waals surface area (Å²) in [6, 6.07) is 11.0. The van der Waals surface area contributed by atoms with Crippen molar-refractivity contribution in [1.82, 2.24) is 20.4 Å². The number of benzene rings is 1. The molecule has 2 fully saturated rings. The summed E-state index contributed by atoms with van der Waals surface area (Å²) in [7, 11) is 1.73. The van der Waals surface area contributed by atoms with E-state index in [4.69, 9.17) is 0 Å². The number of hydrogen-bond donors (Lipinski definition) is 2. The predicted molar refractivity (Wildman–Crippen MR) is 125 cm³/mol. The number of halogens is 4. The predicted octanol–water partition coefficient (Wildman–Crippen LogP) is 3.32. The highest BCUT2D eigenvalue weighted by atomic mass is 127. The number of hydrogen-bond acceptors (Lipinski definition) is 3. The van der Waals surface area contributed by atoms with Crippen LogP contribution in [0.2, 0.25) is 0 Å². The van der Waals surface area contributed by atoms with Crippen LogP contribution in [0.15, 0.2) is 35.3 Å². The van der Waals surface area contributed by atoms with Gasteiger partial charge in [0.05, 0.1) is 6.54 Å². The fourth-order valence-corrected chi connectivity index (χ4v) is 4.31. The Morgan fingerprint density at radius 3 is 2.53 bits per heavy atom. The summed E-state index contributed by atoms with van der Waals surface area (Å²) in [6.07, 6.45) is -0.978. The molecule has 0 aliphatic carbocycles. The summed E-state index contributed by atoms with van der Waals surface area (Å²) in [6.45, 7) is 3.70. The van der Waals surface area contributed by atoms with Gasteiger partial charge in [-0.05, 0) is 43.8 Å². The molecule has 2 aliphatic heterocycles. The highest BCUT2D eigenvalue weighted by Gasteiger charge is 2.34. The molecule has 2 atom stereocenters. The van der Waals surface area contributed by atoms with E-state index in [0.717, 1.165) is 38.4 Å². The largest absolute Gasteiger partial charge is 0.401 e. The Balaban J connectivity index is 0.00000320. The van der Waals surface area contributed by atoms with Gasteiger partial charge in [-0.3, -0.25) is 14.8 Å². The number of likely N-dealkylation sites (tertiary alicyclic amines) is 2. The molecule has 1 aromatic rings. The highest BCUT2D eigenvalue weighted by molar-refractivity contribution is 14.0. The highest BCUT2D eigenvalue weighted by Crippen LogP contribution is 2.22. The lowest BCUT2D eigenvalue weighted by Crippen LogP contribution is -2.46. The first-order valence-electron chi connectivity index (χ1n) is 10.4. The van der Waals surface area contributed by atoms with Crippen LogP contribution in [-0.4, -0.2) is 74.3 Å². The molecule has 9 heteroatoms. The van der Waals surface area contributed by atoms with E-state index < -0.39 is 12.7 Å². The molecule has 0 saturated carbocycles. The van der Waals surface area contributed by atoms with Crippen LogP contribution in [0.3, 0.4) is 0 Å². The smallest absolute Gasteiger partial charge is 0.356 e. The van der Waals surface area contributed by atoms with Crippen LogP contribution in [-0.2, 0) is 6.54 Å². The Labute approximate surface area is 194 Å². The standard InChI is InChI=1S/C21H32F3N5.HI/c1-25-20(26-12-18-9-11-28(14-18)16-21(22,23)24)27-13-19-8-5-10-29(19)15-17-6-3-2-4-7-17;/h2-4,6-7,18-19H,5,8-16H2,1H3,(H2,25,26,27);1H. The molecule has 0 radical (unpaired) electrons. The third-order valence-electron chi connectivity index (χ3n) is 5.79. The zero-order valence-corrected chi connectivity index (χ0v) is 19.8. The Morgan fingerprint density at radius 1 is 1.10 bits per heavy atom. The first-order chi connectivity index (χ1) is 13.9. The van der Waals surface area contributed by atoms with Crippen molar-refractivity contribution in [2.45, 2.75) is 38.0 Å². The van der Waals surface area contributed by atoms with Gasteiger partial charge in [-0.1, -0.05) is 30.3 Å². The average Bonchev–Trinajstić information content (AvgIpc) is 3.31. The Morgan fingerprint density at radius 2 is 1.83 bits per heavy atom. The van der Waals surface area contributed by atoms with Crippen molar-refractivity contribution in [2.24, 2.45) is 10.9 Å². The molecule has 2 unspecified atom stereocenters. The van der Waals surface area contributed by atoms with Crippen molar-refractivity contribution in [1.29, 1.82) is 0 Å². The minimum atomic E-state index is -4.12. The van der Waals surface area contributed by atoms with E-state index >= 15 is 0 Å². The molecule has 1 aromatic carbocycles. The summed E-state index contributed by atoms with van der Waals surface area (Å²) in [5.74, 6) is 0.947. The molecule has 5 nitrogen and oxygen atoms in total. The molecule has 2 aliphatic rings. The third-order valence-corrected chi connectivity index (χ3v) is 5.79. The van der Waals surface area contributed by atoms with Gasteiger partial charge in [0.15, 0.2) is 5.96 Å². The molecule has 2 saturated heterocycles. The van der Waals surface area contributed by atoms with Crippen LogP contribution in [0.5, 0.6) is 0 Å². The quantitative estimate of drug-likeness (QED) is 0.317. The Bertz CT molecular complexity index is 656. The van der Waals surface area contributed by atoms with Gasteiger partial charge in [0.2, 0.25) is 0 Å². The molecule has 30 heavy (non-hydrogen) atoms. The molecule has 0 bridgehead atoms. The monoisotopic (exact) mass is 539 g/mol. The fourth-order valence-electron chi connectivity index (χ4n) is 4.31. The number of aliphatic imine (C=N–C) groups is 1.